The summed E-state index contributed by atoms with van der Waals surface area (Å²) >= 11 is 5.98. The Bertz CT molecular complexity index is 707. The molecular formula is C15H15ClIN3. The highest BCUT2D eigenvalue weighted by Crippen LogP contribution is 2.22. The fraction of sp³-hybridized carbons (Fsp3) is 0.200. The quantitative estimate of drug-likeness (QED) is 0.507. The van der Waals surface area contributed by atoms with Crippen LogP contribution in [0.25, 0.3) is 22.4 Å². The Kier molecular flexibility index (Phi) is 4.99. The maximum Gasteiger partial charge on any atom is 0.169 e. The zero-order valence-electron chi connectivity index (χ0n) is 11.1. The Morgan fingerprint density at radius 2 is 1.95 bits per heavy atom. The van der Waals surface area contributed by atoms with Gasteiger partial charge in [-0.3, -0.25) is 0 Å². The first-order chi connectivity index (χ1) is 9.26. The van der Waals surface area contributed by atoms with Gasteiger partial charge in [-0.2, -0.15) is 0 Å². The van der Waals surface area contributed by atoms with E-state index in [1.165, 1.54) is 0 Å². The number of hydrogen-bond donors (Lipinski definition) is 1. The van der Waals surface area contributed by atoms with E-state index in [9.17, 15) is 0 Å². The number of pyridine rings is 1. The summed E-state index contributed by atoms with van der Waals surface area (Å²) in [5, 5.41) is 0.719. The minimum Gasteiger partial charge on any atom is -1.00 e. The average Bonchev–Trinajstić information content (AvgIpc) is 2.83. The van der Waals surface area contributed by atoms with E-state index in [2.05, 4.69) is 46.0 Å². The maximum absolute atomic E-state index is 5.98. The number of H-pyrrole nitrogens is 1. The van der Waals surface area contributed by atoms with Gasteiger partial charge in [0, 0.05) is 29.1 Å². The van der Waals surface area contributed by atoms with Crippen molar-refractivity contribution in [2.24, 2.45) is 0 Å². The van der Waals surface area contributed by atoms with Gasteiger partial charge in [-0.15, -0.1) is 0 Å². The number of nitrogens with zero attached hydrogens (tertiary/aromatic N) is 2. The lowest BCUT2D eigenvalue weighted by Gasteiger charge is -1.96. The van der Waals surface area contributed by atoms with E-state index in [1.807, 2.05) is 18.2 Å². The van der Waals surface area contributed by atoms with Gasteiger partial charge >= 0.3 is 0 Å². The monoisotopic (exact) mass is 399 g/mol. The molecule has 104 valence electrons. The van der Waals surface area contributed by atoms with Crippen LogP contribution in [0.1, 0.15) is 13.3 Å². The normalized spacial score (nSPS) is 10.5. The van der Waals surface area contributed by atoms with Crippen LogP contribution >= 0.6 is 11.6 Å². The van der Waals surface area contributed by atoms with Crippen LogP contribution < -0.4 is 28.5 Å². The first-order valence-corrected chi connectivity index (χ1v) is 6.79. The Morgan fingerprint density at radius 1 is 1.20 bits per heavy atom. The first-order valence-electron chi connectivity index (χ1n) is 6.41. The second-order valence-electron chi connectivity index (χ2n) is 4.57. The molecule has 0 amide bonds. The Morgan fingerprint density at radius 3 is 2.65 bits per heavy atom. The van der Waals surface area contributed by atoms with E-state index in [4.69, 9.17) is 11.6 Å². The molecule has 0 unspecified atom stereocenters. The average molecular weight is 400 g/mol. The number of halogens is 2. The number of benzene rings is 1. The second kappa shape index (κ2) is 6.54. The van der Waals surface area contributed by atoms with Gasteiger partial charge in [0.25, 0.3) is 0 Å². The number of nitrogens with one attached hydrogen (secondary N) is 1. The highest BCUT2D eigenvalue weighted by molar-refractivity contribution is 6.31. The van der Waals surface area contributed by atoms with Crippen molar-refractivity contribution < 1.29 is 28.5 Å². The molecule has 0 aliphatic heterocycles. The van der Waals surface area contributed by atoms with Gasteiger partial charge in [0.05, 0.1) is 11.0 Å². The molecule has 2 heterocycles. The van der Waals surface area contributed by atoms with Crippen LogP contribution in [0.5, 0.6) is 0 Å². The molecule has 0 aliphatic carbocycles. The van der Waals surface area contributed by atoms with Gasteiger partial charge in [0.2, 0.25) is 0 Å². The highest BCUT2D eigenvalue weighted by atomic mass is 127. The molecule has 1 N–H and O–H groups in total. The molecule has 0 bridgehead atoms. The van der Waals surface area contributed by atoms with E-state index >= 15 is 0 Å². The van der Waals surface area contributed by atoms with Gasteiger partial charge < -0.3 is 29.0 Å². The number of fused-ring (bicyclic) bond motifs is 1. The number of imidazole rings is 1. The van der Waals surface area contributed by atoms with E-state index in [0.717, 1.165) is 40.4 Å². The topological polar surface area (TPSA) is 32.6 Å². The smallest absolute Gasteiger partial charge is 0.169 e. The fourth-order valence-electron chi connectivity index (χ4n) is 2.14. The maximum atomic E-state index is 5.98. The van der Waals surface area contributed by atoms with Crippen LogP contribution in [0.3, 0.4) is 0 Å². The Hall–Kier alpha value is -1.14. The van der Waals surface area contributed by atoms with Crippen molar-refractivity contribution in [2.75, 3.05) is 0 Å². The van der Waals surface area contributed by atoms with Crippen LogP contribution in [0, 0.1) is 0 Å². The van der Waals surface area contributed by atoms with E-state index in [-0.39, 0.29) is 24.0 Å². The largest absolute Gasteiger partial charge is 1.00 e. The number of hydrogen-bond acceptors (Lipinski definition) is 1. The van der Waals surface area contributed by atoms with Crippen LogP contribution in [0.15, 0.2) is 42.7 Å². The lowest BCUT2D eigenvalue weighted by Crippen LogP contribution is -3.00. The molecule has 0 saturated carbocycles. The molecule has 3 rings (SSSR count). The van der Waals surface area contributed by atoms with Gasteiger partial charge in [0.15, 0.2) is 12.4 Å². The highest BCUT2D eigenvalue weighted by Gasteiger charge is 2.07. The van der Waals surface area contributed by atoms with Gasteiger partial charge in [-0.1, -0.05) is 18.5 Å². The van der Waals surface area contributed by atoms with E-state index in [1.54, 1.807) is 0 Å². The predicted molar refractivity (Wildman–Crippen MR) is 77.0 cm³/mol. The summed E-state index contributed by atoms with van der Waals surface area (Å²) < 4.78 is 2.17. The van der Waals surface area contributed by atoms with Crippen LogP contribution in [-0.2, 0) is 6.54 Å². The van der Waals surface area contributed by atoms with Crippen LogP contribution in [-0.4, -0.2) is 9.97 Å². The lowest BCUT2D eigenvalue weighted by molar-refractivity contribution is -0.696. The number of aromatic nitrogens is 3. The van der Waals surface area contributed by atoms with Gasteiger partial charge in [-0.05, 0) is 18.2 Å². The summed E-state index contributed by atoms with van der Waals surface area (Å²) in [7, 11) is 0. The van der Waals surface area contributed by atoms with E-state index < -0.39 is 0 Å². The van der Waals surface area contributed by atoms with Gasteiger partial charge in [-0.25, -0.2) is 9.55 Å². The number of aromatic amines is 1. The predicted octanol–water partition coefficient (Wildman–Crippen LogP) is 0.585. The molecule has 0 atom stereocenters. The molecule has 5 heteroatoms. The summed E-state index contributed by atoms with van der Waals surface area (Å²) in [6.45, 7) is 3.21. The molecule has 2 aromatic heterocycles. The van der Waals surface area contributed by atoms with Crippen molar-refractivity contribution in [1.82, 2.24) is 9.97 Å². The Labute approximate surface area is 140 Å². The molecule has 0 saturated heterocycles. The van der Waals surface area contributed by atoms with Crippen LogP contribution in [0.4, 0.5) is 0 Å². The summed E-state index contributed by atoms with van der Waals surface area (Å²) in [5.41, 5.74) is 2.98. The fourth-order valence-corrected chi connectivity index (χ4v) is 2.31. The van der Waals surface area contributed by atoms with Crippen molar-refractivity contribution in [2.45, 2.75) is 19.9 Å². The van der Waals surface area contributed by atoms with E-state index in [0.29, 0.717) is 0 Å². The molecule has 0 fully saturated rings. The second-order valence-corrected chi connectivity index (χ2v) is 5.01. The zero-order chi connectivity index (χ0) is 13.2. The molecule has 0 spiro atoms. The SMILES string of the molecule is CCC[n+]1ccc(-c2nc3ccc(Cl)cc3[nH]2)cc1.[I-]. The number of rotatable bonds is 3. The van der Waals surface area contributed by atoms with Crippen LogP contribution in [0.2, 0.25) is 5.02 Å². The summed E-state index contributed by atoms with van der Waals surface area (Å²) in [6, 6.07) is 9.84. The molecule has 0 aliphatic rings. The molecule has 3 nitrogen and oxygen atoms in total. The molecular weight excluding hydrogens is 385 g/mol. The summed E-state index contributed by atoms with van der Waals surface area (Å²) in [5.74, 6) is 0.876. The third-order valence-corrected chi connectivity index (χ3v) is 3.33. The zero-order valence-corrected chi connectivity index (χ0v) is 14.0. The summed E-state index contributed by atoms with van der Waals surface area (Å²) in [6.07, 6.45) is 5.30. The number of aryl methyl sites for hydroxylation is 1. The molecule has 1 aromatic carbocycles. The lowest BCUT2D eigenvalue weighted by atomic mass is 10.2. The van der Waals surface area contributed by atoms with Gasteiger partial charge in [0.1, 0.15) is 12.4 Å². The van der Waals surface area contributed by atoms with Crippen molar-refractivity contribution >= 4 is 22.6 Å². The minimum atomic E-state index is 0. The van der Waals surface area contributed by atoms with Crippen molar-refractivity contribution in [3.8, 4) is 11.4 Å². The standard InChI is InChI=1S/C15H14ClN3.HI/c1-2-7-19-8-5-11(6-9-19)15-17-13-4-3-12(16)10-14(13)18-15;/h3-6,8-10H,2,7H2,1H3;1H. The van der Waals surface area contributed by atoms with Crippen molar-refractivity contribution in [3.63, 3.8) is 0 Å². The molecule has 3 aromatic rings. The summed E-state index contributed by atoms with van der Waals surface area (Å²) in [4.78, 5) is 7.88. The van der Waals surface area contributed by atoms with Crippen molar-refractivity contribution in [1.29, 1.82) is 0 Å². The molecule has 0 radical (unpaired) electrons. The Balaban J connectivity index is 0.00000147. The third-order valence-electron chi connectivity index (χ3n) is 3.09. The van der Waals surface area contributed by atoms with Crippen molar-refractivity contribution in [3.05, 3.63) is 47.7 Å². The minimum absolute atomic E-state index is 0. The molecule has 20 heavy (non-hydrogen) atoms. The first kappa shape index (κ1) is 15.3. The third kappa shape index (κ3) is 3.12.